The van der Waals surface area contributed by atoms with E-state index in [1.54, 1.807) is 6.92 Å². The van der Waals surface area contributed by atoms with E-state index in [1.165, 1.54) is 19.2 Å². The van der Waals surface area contributed by atoms with Crippen LogP contribution in [0.1, 0.15) is 17.5 Å². The van der Waals surface area contributed by atoms with Crippen molar-refractivity contribution in [2.24, 2.45) is 0 Å². The molecule has 2 nitrogen and oxygen atoms in total. The van der Waals surface area contributed by atoms with Gasteiger partial charge in [-0.2, -0.15) is 0 Å². The molecule has 1 aromatic rings. The third-order valence-corrected chi connectivity index (χ3v) is 2.61. The largest absolute Gasteiger partial charge is 0.495 e. The standard InChI is InChI=1S/C11H13ClF2O2/c1-7-5-10(16-2)9(12)6-8(7)11(13,14)3-4-15/h5-6,15H,3-4H2,1-2H3. The molecule has 1 rings (SSSR count). The van der Waals surface area contributed by atoms with Crippen LogP contribution in [0.4, 0.5) is 8.78 Å². The van der Waals surface area contributed by atoms with Crippen LogP contribution in [0.3, 0.4) is 0 Å². The van der Waals surface area contributed by atoms with E-state index in [-0.39, 0.29) is 10.6 Å². The molecule has 0 saturated heterocycles. The highest BCUT2D eigenvalue weighted by molar-refractivity contribution is 6.32. The lowest BCUT2D eigenvalue weighted by Gasteiger charge is -2.19. The number of aliphatic hydroxyl groups is 1. The number of halogens is 3. The number of aliphatic hydroxyl groups excluding tert-OH is 1. The van der Waals surface area contributed by atoms with Gasteiger partial charge in [-0.3, -0.25) is 0 Å². The average molecular weight is 251 g/mol. The van der Waals surface area contributed by atoms with Crippen molar-refractivity contribution in [1.82, 2.24) is 0 Å². The maximum Gasteiger partial charge on any atom is 0.275 e. The first-order valence-electron chi connectivity index (χ1n) is 4.75. The third-order valence-electron chi connectivity index (χ3n) is 2.32. The summed E-state index contributed by atoms with van der Waals surface area (Å²) >= 11 is 5.79. The van der Waals surface area contributed by atoms with E-state index in [0.29, 0.717) is 11.3 Å². The Balaban J connectivity index is 3.20. The predicted molar refractivity (Wildman–Crippen MR) is 58.3 cm³/mol. The van der Waals surface area contributed by atoms with Crippen LogP contribution in [0.15, 0.2) is 12.1 Å². The molecule has 5 heteroatoms. The van der Waals surface area contributed by atoms with Crippen LogP contribution in [0.2, 0.25) is 5.02 Å². The molecule has 0 amide bonds. The van der Waals surface area contributed by atoms with E-state index in [1.807, 2.05) is 0 Å². The minimum absolute atomic E-state index is 0.140. The molecule has 0 radical (unpaired) electrons. The van der Waals surface area contributed by atoms with Crippen LogP contribution >= 0.6 is 11.6 Å². The van der Waals surface area contributed by atoms with Crippen LogP contribution in [0, 0.1) is 6.92 Å². The molecule has 0 saturated carbocycles. The summed E-state index contributed by atoms with van der Waals surface area (Å²) in [6, 6.07) is 2.65. The molecular formula is C11H13ClF2O2. The number of ether oxygens (including phenoxy) is 1. The molecule has 0 aliphatic heterocycles. The van der Waals surface area contributed by atoms with Crippen molar-refractivity contribution in [3.05, 3.63) is 28.3 Å². The Morgan fingerprint density at radius 3 is 2.56 bits per heavy atom. The first kappa shape index (κ1) is 13.2. The SMILES string of the molecule is COc1cc(C)c(C(F)(F)CCO)cc1Cl. The topological polar surface area (TPSA) is 29.5 Å². The van der Waals surface area contributed by atoms with Crippen LogP contribution in [-0.2, 0) is 5.92 Å². The normalized spacial score (nSPS) is 11.6. The van der Waals surface area contributed by atoms with Crippen molar-refractivity contribution in [3.8, 4) is 5.75 Å². The number of hydrogen-bond donors (Lipinski definition) is 1. The molecule has 0 atom stereocenters. The zero-order valence-corrected chi connectivity index (χ0v) is 9.81. The molecule has 0 aliphatic carbocycles. The van der Waals surface area contributed by atoms with Crippen molar-refractivity contribution in [2.75, 3.05) is 13.7 Å². The predicted octanol–water partition coefficient (Wildman–Crippen LogP) is 3.13. The molecular weight excluding hydrogens is 238 g/mol. The fraction of sp³-hybridized carbons (Fsp3) is 0.455. The van der Waals surface area contributed by atoms with Gasteiger partial charge in [0.05, 0.1) is 12.1 Å². The second kappa shape index (κ2) is 4.97. The number of benzene rings is 1. The number of methoxy groups -OCH3 is 1. The van der Waals surface area contributed by atoms with E-state index >= 15 is 0 Å². The Morgan fingerprint density at radius 2 is 2.06 bits per heavy atom. The molecule has 0 aromatic heterocycles. The van der Waals surface area contributed by atoms with Gasteiger partial charge < -0.3 is 9.84 Å². The summed E-state index contributed by atoms with van der Waals surface area (Å²) in [4.78, 5) is 0. The van der Waals surface area contributed by atoms with Gasteiger partial charge in [0.15, 0.2) is 0 Å². The molecule has 0 heterocycles. The smallest absolute Gasteiger partial charge is 0.275 e. The lowest BCUT2D eigenvalue weighted by atomic mass is 10.00. The molecule has 1 aromatic carbocycles. The van der Waals surface area contributed by atoms with Crippen molar-refractivity contribution >= 4 is 11.6 Å². The van der Waals surface area contributed by atoms with Gasteiger partial charge in [0.1, 0.15) is 5.75 Å². The number of aryl methyl sites for hydroxylation is 1. The Kier molecular flexibility index (Phi) is 4.10. The van der Waals surface area contributed by atoms with Crippen LogP contribution in [-0.4, -0.2) is 18.8 Å². The first-order chi connectivity index (χ1) is 7.42. The quantitative estimate of drug-likeness (QED) is 0.890. The summed E-state index contributed by atoms with van der Waals surface area (Å²) in [5.74, 6) is -2.71. The van der Waals surface area contributed by atoms with Crippen molar-refractivity contribution in [1.29, 1.82) is 0 Å². The third kappa shape index (κ3) is 2.62. The van der Waals surface area contributed by atoms with Crippen molar-refractivity contribution in [2.45, 2.75) is 19.3 Å². The van der Waals surface area contributed by atoms with Gasteiger partial charge in [0.25, 0.3) is 5.92 Å². The number of rotatable bonds is 4. The molecule has 0 bridgehead atoms. The number of alkyl halides is 2. The molecule has 0 aliphatic rings. The Morgan fingerprint density at radius 1 is 1.44 bits per heavy atom. The minimum atomic E-state index is -3.07. The zero-order valence-electron chi connectivity index (χ0n) is 9.06. The van der Waals surface area contributed by atoms with Gasteiger partial charge in [-0.05, 0) is 24.6 Å². The first-order valence-corrected chi connectivity index (χ1v) is 5.13. The highest BCUT2D eigenvalue weighted by Crippen LogP contribution is 2.38. The Hall–Kier alpha value is -0.870. The van der Waals surface area contributed by atoms with E-state index in [4.69, 9.17) is 21.4 Å². The van der Waals surface area contributed by atoms with Gasteiger partial charge in [0.2, 0.25) is 0 Å². The summed E-state index contributed by atoms with van der Waals surface area (Å²) in [5, 5.41) is 8.73. The highest BCUT2D eigenvalue weighted by Gasteiger charge is 2.33. The molecule has 16 heavy (non-hydrogen) atoms. The van der Waals surface area contributed by atoms with Crippen LogP contribution in [0.25, 0.3) is 0 Å². The van der Waals surface area contributed by atoms with Crippen LogP contribution in [0.5, 0.6) is 5.75 Å². The summed E-state index contributed by atoms with van der Waals surface area (Å²) in [7, 11) is 1.42. The molecule has 1 N–H and O–H groups in total. The second-order valence-corrected chi connectivity index (χ2v) is 3.89. The van der Waals surface area contributed by atoms with Gasteiger partial charge in [-0.25, -0.2) is 8.78 Å². The number of hydrogen-bond acceptors (Lipinski definition) is 2. The molecule has 0 fully saturated rings. The van der Waals surface area contributed by atoms with Gasteiger partial charge in [-0.15, -0.1) is 0 Å². The van der Waals surface area contributed by atoms with E-state index in [2.05, 4.69) is 0 Å². The minimum Gasteiger partial charge on any atom is -0.495 e. The molecule has 0 spiro atoms. The lowest BCUT2D eigenvalue weighted by Crippen LogP contribution is -2.17. The van der Waals surface area contributed by atoms with Crippen LogP contribution < -0.4 is 4.74 Å². The Labute approximate surface area is 97.8 Å². The average Bonchev–Trinajstić information content (AvgIpc) is 2.20. The zero-order chi connectivity index (χ0) is 12.3. The maximum absolute atomic E-state index is 13.6. The summed E-state index contributed by atoms with van der Waals surface area (Å²) in [6.07, 6.45) is -0.615. The Bertz CT molecular complexity index is 380. The maximum atomic E-state index is 13.6. The highest BCUT2D eigenvalue weighted by atomic mass is 35.5. The van der Waals surface area contributed by atoms with E-state index in [0.717, 1.165) is 0 Å². The summed E-state index contributed by atoms with van der Waals surface area (Å²) in [6.45, 7) is 0.982. The fourth-order valence-corrected chi connectivity index (χ4v) is 1.72. The van der Waals surface area contributed by atoms with Gasteiger partial charge >= 0.3 is 0 Å². The van der Waals surface area contributed by atoms with Crippen molar-refractivity contribution in [3.63, 3.8) is 0 Å². The summed E-state index contributed by atoms with van der Waals surface area (Å²) < 4.78 is 32.1. The lowest BCUT2D eigenvalue weighted by molar-refractivity contribution is -0.0275. The fourth-order valence-electron chi connectivity index (χ4n) is 1.48. The van der Waals surface area contributed by atoms with Crippen molar-refractivity contribution < 1.29 is 18.6 Å². The van der Waals surface area contributed by atoms with E-state index in [9.17, 15) is 8.78 Å². The van der Waals surface area contributed by atoms with E-state index < -0.39 is 19.0 Å². The molecule has 90 valence electrons. The van der Waals surface area contributed by atoms with Gasteiger partial charge in [-0.1, -0.05) is 11.6 Å². The van der Waals surface area contributed by atoms with Gasteiger partial charge in [0, 0.05) is 18.6 Å². The summed E-state index contributed by atoms with van der Waals surface area (Å²) in [5.41, 5.74) is 0.215. The monoisotopic (exact) mass is 250 g/mol. The molecule has 0 unspecified atom stereocenters. The second-order valence-electron chi connectivity index (χ2n) is 3.48.